The summed E-state index contributed by atoms with van der Waals surface area (Å²) in [6, 6.07) is 3.61. The van der Waals surface area contributed by atoms with E-state index in [1.54, 1.807) is 0 Å². The number of nitrogens with one attached hydrogen (secondary N) is 2. The molecule has 0 radical (unpaired) electrons. The minimum atomic E-state index is -0.512. The fourth-order valence-electron chi connectivity index (χ4n) is 1.96. The molecule has 20 heavy (non-hydrogen) atoms. The number of nitrogens with two attached hydrogens (primary N) is 1. The van der Waals surface area contributed by atoms with E-state index >= 15 is 0 Å². The number of nitrogens with zero attached hydrogens (tertiary/aromatic N) is 1. The van der Waals surface area contributed by atoms with Crippen molar-refractivity contribution in [3.8, 4) is 0 Å². The van der Waals surface area contributed by atoms with Gasteiger partial charge in [-0.1, -0.05) is 0 Å². The largest absolute Gasteiger partial charge is 0.399 e. The van der Waals surface area contributed by atoms with Gasteiger partial charge in [-0.25, -0.2) is 9.18 Å². The van der Waals surface area contributed by atoms with Gasteiger partial charge in [0.25, 0.3) is 0 Å². The number of morpholine rings is 1. The van der Waals surface area contributed by atoms with Crippen LogP contribution in [0, 0.1) is 5.82 Å². The van der Waals surface area contributed by atoms with Gasteiger partial charge in [-0.2, -0.15) is 0 Å². The van der Waals surface area contributed by atoms with Crippen molar-refractivity contribution in [3.05, 3.63) is 24.0 Å². The summed E-state index contributed by atoms with van der Waals surface area (Å²) in [5, 5.41) is 5.13. The van der Waals surface area contributed by atoms with Gasteiger partial charge in [-0.3, -0.25) is 4.90 Å². The number of rotatable bonds is 4. The molecule has 1 fully saturated rings. The van der Waals surface area contributed by atoms with E-state index in [0.29, 0.717) is 12.2 Å². The van der Waals surface area contributed by atoms with Crippen LogP contribution in [0.3, 0.4) is 0 Å². The SMILES string of the molecule is Nc1ccc(F)c(NC(=O)NCCN2CCOCC2)c1. The first kappa shape index (κ1) is 14.5. The second kappa shape index (κ2) is 7.06. The number of urea groups is 1. The molecule has 1 aromatic carbocycles. The van der Waals surface area contributed by atoms with Crippen LogP contribution >= 0.6 is 0 Å². The molecule has 2 rings (SSSR count). The van der Waals surface area contributed by atoms with Crippen LogP contribution in [0.1, 0.15) is 0 Å². The van der Waals surface area contributed by atoms with E-state index in [1.807, 2.05) is 0 Å². The Balaban J connectivity index is 1.73. The van der Waals surface area contributed by atoms with Crippen molar-refractivity contribution < 1.29 is 13.9 Å². The number of benzene rings is 1. The molecule has 0 aliphatic carbocycles. The molecule has 0 unspecified atom stereocenters. The standard InChI is InChI=1S/C13H19FN4O2/c14-11-2-1-10(15)9-12(11)17-13(19)16-3-4-18-5-7-20-8-6-18/h1-2,9H,3-8,15H2,(H2,16,17,19). The lowest BCUT2D eigenvalue weighted by Gasteiger charge is -2.26. The summed E-state index contributed by atoms with van der Waals surface area (Å²) < 4.78 is 18.7. The molecule has 110 valence electrons. The Hall–Kier alpha value is -1.86. The number of anilines is 2. The molecule has 1 aliphatic rings. The van der Waals surface area contributed by atoms with Gasteiger partial charge in [0.05, 0.1) is 18.9 Å². The number of halogens is 1. The highest BCUT2D eigenvalue weighted by atomic mass is 19.1. The van der Waals surface area contributed by atoms with Gasteiger partial charge in [0.1, 0.15) is 5.82 Å². The smallest absolute Gasteiger partial charge is 0.319 e. The van der Waals surface area contributed by atoms with Crippen LogP contribution in [0.5, 0.6) is 0 Å². The molecule has 2 amide bonds. The van der Waals surface area contributed by atoms with Gasteiger partial charge in [-0.05, 0) is 18.2 Å². The molecular formula is C13H19FN4O2. The molecule has 1 heterocycles. The zero-order valence-electron chi connectivity index (χ0n) is 11.2. The van der Waals surface area contributed by atoms with Crippen LogP contribution < -0.4 is 16.4 Å². The zero-order chi connectivity index (χ0) is 14.4. The van der Waals surface area contributed by atoms with E-state index in [1.165, 1.54) is 18.2 Å². The minimum Gasteiger partial charge on any atom is -0.399 e. The summed E-state index contributed by atoms with van der Waals surface area (Å²) in [5.74, 6) is -0.512. The summed E-state index contributed by atoms with van der Waals surface area (Å²) in [6.07, 6.45) is 0. The predicted molar refractivity (Wildman–Crippen MR) is 75.1 cm³/mol. The van der Waals surface area contributed by atoms with Crippen LogP contribution in [0.2, 0.25) is 0 Å². The fraction of sp³-hybridized carbons (Fsp3) is 0.462. The first-order valence-electron chi connectivity index (χ1n) is 6.55. The maximum atomic E-state index is 13.4. The third kappa shape index (κ3) is 4.36. The molecule has 1 aromatic rings. The van der Waals surface area contributed by atoms with Crippen molar-refractivity contribution in [2.75, 3.05) is 50.4 Å². The van der Waals surface area contributed by atoms with E-state index in [0.717, 1.165) is 32.8 Å². The molecule has 0 spiro atoms. The Morgan fingerprint density at radius 1 is 1.40 bits per heavy atom. The van der Waals surface area contributed by atoms with Gasteiger partial charge in [0.15, 0.2) is 0 Å². The van der Waals surface area contributed by atoms with Gasteiger partial charge < -0.3 is 21.1 Å². The molecule has 0 saturated carbocycles. The summed E-state index contributed by atoms with van der Waals surface area (Å²) in [6.45, 7) is 4.42. The first-order valence-corrected chi connectivity index (χ1v) is 6.55. The lowest BCUT2D eigenvalue weighted by Crippen LogP contribution is -2.42. The maximum absolute atomic E-state index is 13.4. The predicted octanol–water partition coefficient (Wildman–Crippen LogP) is 0.862. The van der Waals surface area contributed by atoms with Crippen LogP contribution in [0.15, 0.2) is 18.2 Å². The molecule has 4 N–H and O–H groups in total. The average molecular weight is 282 g/mol. The Labute approximate surface area is 117 Å². The fourth-order valence-corrected chi connectivity index (χ4v) is 1.96. The molecule has 7 heteroatoms. The quantitative estimate of drug-likeness (QED) is 0.716. The molecule has 1 aliphatic heterocycles. The molecule has 6 nitrogen and oxygen atoms in total. The van der Waals surface area contributed by atoms with Gasteiger partial charge >= 0.3 is 6.03 Å². The van der Waals surface area contributed by atoms with Crippen molar-refractivity contribution in [1.29, 1.82) is 0 Å². The highest BCUT2D eigenvalue weighted by Crippen LogP contribution is 2.16. The topological polar surface area (TPSA) is 79.6 Å². The summed E-state index contributed by atoms with van der Waals surface area (Å²) in [5.41, 5.74) is 6.02. The number of nitrogen functional groups attached to an aromatic ring is 1. The highest BCUT2D eigenvalue weighted by Gasteiger charge is 2.11. The first-order chi connectivity index (χ1) is 9.65. The van der Waals surface area contributed by atoms with Crippen molar-refractivity contribution >= 4 is 17.4 Å². The van der Waals surface area contributed by atoms with Gasteiger partial charge in [0.2, 0.25) is 0 Å². The Kier molecular flexibility index (Phi) is 5.14. The van der Waals surface area contributed by atoms with Crippen LogP contribution in [0.25, 0.3) is 0 Å². The van der Waals surface area contributed by atoms with Crippen molar-refractivity contribution in [2.24, 2.45) is 0 Å². The Bertz CT molecular complexity index is 464. The van der Waals surface area contributed by atoms with Gasteiger partial charge in [0, 0.05) is 31.9 Å². The molecule has 0 bridgehead atoms. The number of hydrogen-bond donors (Lipinski definition) is 3. The number of carbonyl (C=O) groups is 1. The van der Waals surface area contributed by atoms with Crippen LogP contribution in [-0.4, -0.2) is 50.3 Å². The summed E-state index contributed by atoms with van der Waals surface area (Å²) in [7, 11) is 0. The second-order valence-corrected chi connectivity index (χ2v) is 4.57. The van der Waals surface area contributed by atoms with E-state index in [2.05, 4.69) is 15.5 Å². The van der Waals surface area contributed by atoms with Gasteiger partial charge in [-0.15, -0.1) is 0 Å². The van der Waals surface area contributed by atoms with E-state index in [4.69, 9.17) is 10.5 Å². The Morgan fingerprint density at radius 3 is 2.90 bits per heavy atom. The van der Waals surface area contributed by atoms with Crippen molar-refractivity contribution in [1.82, 2.24) is 10.2 Å². The monoisotopic (exact) mass is 282 g/mol. The number of amides is 2. The Morgan fingerprint density at radius 2 is 2.15 bits per heavy atom. The molecule has 0 aromatic heterocycles. The summed E-state index contributed by atoms with van der Waals surface area (Å²) in [4.78, 5) is 13.8. The van der Waals surface area contributed by atoms with E-state index < -0.39 is 11.8 Å². The minimum absolute atomic E-state index is 0.0777. The third-order valence-corrected chi connectivity index (χ3v) is 3.06. The van der Waals surface area contributed by atoms with Crippen molar-refractivity contribution in [3.63, 3.8) is 0 Å². The van der Waals surface area contributed by atoms with E-state index in [-0.39, 0.29) is 5.69 Å². The summed E-state index contributed by atoms with van der Waals surface area (Å²) >= 11 is 0. The average Bonchev–Trinajstić information content (AvgIpc) is 2.44. The molecule has 1 saturated heterocycles. The normalized spacial score (nSPS) is 15.8. The maximum Gasteiger partial charge on any atom is 0.319 e. The van der Waals surface area contributed by atoms with E-state index in [9.17, 15) is 9.18 Å². The lowest BCUT2D eigenvalue weighted by atomic mass is 10.2. The second-order valence-electron chi connectivity index (χ2n) is 4.57. The molecule has 0 atom stereocenters. The zero-order valence-corrected chi connectivity index (χ0v) is 11.2. The molecular weight excluding hydrogens is 263 g/mol. The highest BCUT2D eigenvalue weighted by molar-refractivity contribution is 5.89. The van der Waals surface area contributed by atoms with Crippen LogP contribution in [-0.2, 0) is 4.74 Å². The number of carbonyl (C=O) groups excluding carboxylic acids is 1. The number of hydrogen-bond acceptors (Lipinski definition) is 4. The van der Waals surface area contributed by atoms with Crippen molar-refractivity contribution in [2.45, 2.75) is 0 Å². The number of ether oxygens (including phenoxy) is 1. The van der Waals surface area contributed by atoms with Crippen LogP contribution in [0.4, 0.5) is 20.6 Å². The lowest BCUT2D eigenvalue weighted by molar-refractivity contribution is 0.0388. The third-order valence-electron chi connectivity index (χ3n) is 3.06.